The molecule has 18 heavy (non-hydrogen) atoms. The van der Waals surface area contributed by atoms with Crippen LogP contribution in [0.15, 0.2) is 12.5 Å². The highest BCUT2D eigenvalue weighted by Crippen LogP contribution is 2.19. The molecule has 0 saturated carbocycles. The van der Waals surface area contributed by atoms with Crippen LogP contribution in [0.4, 0.5) is 11.5 Å². The van der Waals surface area contributed by atoms with Gasteiger partial charge in [-0.05, 0) is 12.8 Å². The van der Waals surface area contributed by atoms with Crippen LogP contribution in [-0.2, 0) is 10.0 Å². The van der Waals surface area contributed by atoms with Crippen molar-refractivity contribution < 1.29 is 8.42 Å². The van der Waals surface area contributed by atoms with Gasteiger partial charge in [-0.25, -0.2) is 22.7 Å². The second-order valence-electron chi connectivity index (χ2n) is 4.41. The topological polar surface area (TPSA) is 101 Å². The molecule has 0 atom stereocenters. The Morgan fingerprint density at radius 2 is 2.11 bits per heavy atom. The second kappa shape index (κ2) is 5.07. The number of hydrogen-bond donors (Lipinski definition) is 2. The van der Waals surface area contributed by atoms with Crippen molar-refractivity contribution in [1.82, 2.24) is 14.3 Å². The molecular weight excluding hydrogens is 254 g/mol. The second-order valence-corrected chi connectivity index (χ2v) is 6.39. The summed E-state index contributed by atoms with van der Waals surface area (Å²) >= 11 is 0. The molecule has 0 amide bonds. The predicted octanol–water partition coefficient (Wildman–Crippen LogP) is -0.105. The number of rotatable bonds is 3. The number of nitrogens with zero attached hydrogens (tertiary/aromatic N) is 3. The Morgan fingerprint density at radius 1 is 1.44 bits per heavy atom. The van der Waals surface area contributed by atoms with Crippen molar-refractivity contribution in [2.75, 3.05) is 30.4 Å². The molecule has 0 unspecified atom stereocenters. The summed E-state index contributed by atoms with van der Waals surface area (Å²) in [5.74, 6) is 0.614. The Kier molecular flexibility index (Phi) is 3.67. The van der Waals surface area contributed by atoms with Gasteiger partial charge in [-0.15, -0.1) is 0 Å². The third-order valence-corrected chi connectivity index (χ3v) is 4.31. The summed E-state index contributed by atoms with van der Waals surface area (Å²) in [6, 6.07) is 0.195. The lowest BCUT2D eigenvalue weighted by Gasteiger charge is -2.31. The average molecular weight is 271 g/mol. The number of nitrogens with one attached hydrogen (secondary N) is 1. The monoisotopic (exact) mass is 271 g/mol. The molecule has 1 fully saturated rings. The third-order valence-electron chi connectivity index (χ3n) is 3.00. The largest absolute Gasteiger partial charge is 0.394 e. The van der Waals surface area contributed by atoms with Crippen molar-refractivity contribution in [3.8, 4) is 0 Å². The first-order valence-electron chi connectivity index (χ1n) is 5.74. The lowest BCUT2D eigenvalue weighted by Crippen LogP contribution is -2.42. The first-order chi connectivity index (χ1) is 8.47. The smallest absolute Gasteiger partial charge is 0.211 e. The zero-order valence-corrected chi connectivity index (χ0v) is 11.0. The van der Waals surface area contributed by atoms with Crippen LogP contribution in [0, 0.1) is 0 Å². The van der Waals surface area contributed by atoms with E-state index in [1.165, 1.54) is 16.9 Å². The number of sulfonamides is 1. The summed E-state index contributed by atoms with van der Waals surface area (Å²) in [7, 11) is -3.08. The molecular formula is C10H17N5O2S. The lowest BCUT2D eigenvalue weighted by atomic mass is 10.1. The molecule has 1 aromatic rings. The van der Waals surface area contributed by atoms with Crippen LogP contribution in [0.2, 0.25) is 0 Å². The summed E-state index contributed by atoms with van der Waals surface area (Å²) in [5.41, 5.74) is 6.24. The number of nitrogen functional groups attached to an aromatic ring is 1. The zero-order chi connectivity index (χ0) is 13.2. The average Bonchev–Trinajstić information content (AvgIpc) is 2.32. The summed E-state index contributed by atoms with van der Waals surface area (Å²) < 4.78 is 24.2. The number of hydrogen-bond acceptors (Lipinski definition) is 6. The summed E-state index contributed by atoms with van der Waals surface area (Å²) in [6.45, 7) is 1.06. The van der Waals surface area contributed by atoms with E-state index in [4.69, 9.17) is 5.73 Å². The van der Waals surface area contributed by atoms with Crippen molar-refractivity contribution in [2.45, 2.75) is 18.9 Å². The van der Waals surface area contributed by atoms with Crippen molar-refractivity contribution in [3.63, 3.8) is 0 Å². The molecule has 2 rings (SSSR count). The fourth-order valence-electron chi connectivity index (χ4n) is 1.99. The maximum atomic E-state index is 11.4. The molecule has 1 saturated heterocycles. The van der Waals surface area contributed by atoms with Crippen molar-refractivity contribution >= 4 is 21.5 Å². The molecule has 100 valence electrons. The Hall–Kier alpha value is -1.41. The van der Waals surface area contributed by atoms with Gasteiger partial charge < -0.3 is 11.1 Å². The van der Waals surface area contributed by atoms with Crippen LogP contribution in [0.25, 0.3) is 0 Å². The van der Waals surface area contributed by atoms with Crippen LogP contribution in [0.3, 0.4) is 0 Å². The van der Waals surface area contributed by atoms with Crippen LogP contribution >= 0.6 is 0 Å². The van der Waals surface area contributed by atoms with Gasteiger partial charge in [0.25, 0.3) is 0 Å². The predicted molar refractivity (Wildman–Crippen MR) is 69.5 cm³/mol. The minimum Gasteiger partial charge on any atom is -0.394 e. The summed E-state index contributed by atoms with van der Waals surface area (Å²) in [6.07, 6.45) is 5.71. The van der Waals surface area contributed by atoms with Gasteiger partial charge in [0.05, 0.1) is 18.1 Å². The van der Waals surface area contributed by atoms with E-state index in [1.807, 2.05) is 0 Å². The summed E-state index contributed by atoms with van der Waals surface area (Å²) in [5, 5.41) is 3.22. The Bertz CT molecular complexity index is 511. The zero-order valence-electron chi connectivity index (χ0n) is 10.2. The van der Waals surface area contributed by atoms with E-state index in [1.54, 1.807) is 6.20 Å². The molecule has 7 nitrogen and oxygen atoms in total. The molecule has 1 aromatic heterocycles. The Labute approximate surface area is 106 Å². The van der Waals surface area contributed by atoms with E-state index in [0.29, 0.717) is 24.6 Å². The fraction of sp³-hybridized carbons (Fsp3) is 0.600. The molecule has 1 aliphatic rings. The van der Waals surface area contributed by atoms with Crippen molar-refractivity contribution in [1.29, 1.82) is 0 Å². The molecule has 0 radical (unpaired) electrons. The Morgan fingerprint density at radius 3 is 2.67 bits per heavy atom. The standard InChI is InChI=1S/C10H17N5O2S/c1-18(16,17)15-4-2-8(3-5-15)14-10-9(11)6-12-7-13-10/h6-8H,2-5,11H2,1H3,(H,12,13,14). The first-order valence-corrected chi connectivity index (χ1v) is 7.59. The molecule has 1 aliphatic heterocycles. The molecule has 0 spiro atoms. The first kappa shape index (κ1) is 13.0. The van der Waals surface area contributed by atoms with Gasteiger partial charge in [0.1, 0.15) is 6.33 Å². The van der Waals surface area contributed by atoms with Crippen molar-refractivity contribution in [3.05, 3.63) is 12.5 Å². The highest BCUT2D eigenvalue weighted by Gasteiger charge is 2.25. The van der Waals surface area contributed by atoms with Gasteiger partial charge in [0.15, 0.2) is 5.82 Å². The molecule has 8 heteroatoms. The van der Waals surface area contributed by atoms with Gasteiger partial charge in [-0.3, -0.25) is 0 Å². The molecule has 0 bridgehead atoms. The maximum absolute atomic E-state index is 11.4. The van der Waals surface area contributed by atoms with E-state index >= 15 is 0 Å². The van der Waals surface area contributed by atoms with Gasteiger partial charge >= 0.3 is 0 Å². The Balaban J connectivity index is 1.94. The normalized spacial score (nSPS) is 18.7. The minimum absolute atomic E-state index is 0.195. The SMILES string of the molecule is CS(=O)(=O)N1CCC(Nc2ncncc2N)CC1. The molecule has 0 aliphatic carbocycles. The number of piperidine rings is 1. The quantitative estimate of drug-likeness (QED) is 0.795. The lowest BCUT2D eigenvalue weighted by molar-refractivity contribution is 0.331. The van der Waals surface area contributed by atoms with E-state index in [0.717, 1.165) is 12.8 Å². The highest BCUT2D eigenvalue weighted by atomic mass is 32.2. The van der Waals surface area contributed by atoms with Crippen LogP contribution in [0.1, 0.15) is 12.8 Å². The number of nitrogens with two attached hydrogens (primary N) is 1. The number of anilines is 2. The van der Waals surface area contributed by atoms with E-state index < -0.39 is 10.0 Å². The molecule has 2 heterocycles. The van der Waals surface area contributed by atoms with Crippen LogP contribution in [-0.4, -0.2) is 48.1 Å². The van der Waals surface area contributed by atoms with Gasteiger partial charge in [0, 0.05) is 19.1 Å². The summed E-state index contributed by atoms with van der Waals surface area (Å²) in [4.78, 5) is 7.88. The van der Waals surface area contributed by atoms with E-state index in [9.17, 15) is 8.42 Å². The van der Waals surface area contributed by atoms with Gasteiger partial charge in [-0.1, -0.05) is 0 Å². The highest BCUT2D eigenvalue weighted by molar-refractivity contribution is 7.88. The molecule has 3 N–H and O–H groups in total. The van der Waals surface area contributed by atoms with Crippen molar-refractivity contribution in [2.24, 2.45) is 0 Å². The van der Waals surface area contributed by atoms with E-state index in [2.05, 4.69) is 15.3 Å². The number of aromatic nitrogens is 2. The van der Waals surface area contributed by atoms with Crippen LogP contribution in [0.5, 0.6) is 0 Å². The maximum Gasteiger partial charge on any atom is 0.211 e. The minimum atomic E-state index is -3.08. The third kappa shape index (κ3) is 3.08. The van der Waals surface area contributed by atoms with Gasteiger partial charge in [0.2, 0.25) is 10.0 Å². The van der Waals surface area contributed by atoms with Crippen LogP contribution < -0.4 is 11.1 Å². The van der Waals surface area contributed by atoms with Gasteiger partial charge in [-0.2, -0.15) is 0 Å². The molecule has 0 aromatic carbocycles. The van der Waals surface area contributed by atoms with E-state index in [-0.39, 0.29) is 6.04 Å². The fourth-order valence-corrected chi connectivity index (χ4v) is 2.86.